The average Bonchev–Trinajstić information content (AvgIpc) is 2.48. The molecule has 3 N–H and O–H groups in total. The second kappa shape index (κ2) is 6.64. The Labute approximate surface area is 120 Å². The number of hydrogen-bond donors (Lipinski definition) is 2. The zero-order valence-corrected chi connectivity index (χ0v) is 12.1. The number of amides is 1. The van der Waals surface area contributed by atoms with Crippen LogP contribution in [0.2, 0.25) is 0 Å². The predicted molar refractivity (Wildman–Crippen MR) is 80.5 cm³/mol. The van der Waals surface area contributed by atoms with Crippen molar-refractivity contribution in [3.05, 3.63) is 23.8 Å². The van der Waals surface area contributed by atoms with E-state index in [1.165, 1.54) is 19.3 Å². The van der Waals surface area contributed by atoms with Crippen LogP contribution in [0.1, 0.15) is 44.1 Å². The van der Waals surface area contributed by atoms with Crippen molar-refractivity contribution in [2.75, 3.05) is 12.8 Å². The number of nitrogens with zero attached hydrogens (tertiary/aromatic N) is 1. The lowest BCUT2D eigenvalue weighted by Crippen LogP contribution is -2.38. The van der Waals surface area contributed by atoms with Gasteiger partial charge in [0.2, 0.25) is 5.91 Å². The van der Waals surface area contributed by atoms with E-state index in [0.29, 0.717) is 24.6 Å². The minimum absolute atomic E-state index is 0.0967. The minimum atomic E-state index is 0.0967. The van der Waals surface area contributed by atoms with E-state index in [2.05, 4.69) is 0 Å². The van der Waals surface area contributed by atoms with Crippen molar-refractivity contribution in [1.29, 1.82) is 0 Å². The van der Waals surface area contributed by atoms with Gasteiger partial charge >= 0.3 is 0 Å². The van der Waals surface area contributed by atoms with E-state index in [4.69, 9.17) is 5.73 Å². The molecule has 110 valence electrons. The summed E-state index contributed by atoms with van der Waals surface area (Å²) in [7, 11) is 1.92. The molecule has 0 aliphatic heterocycles. The SMILES string of the molecule is CN(C(=O)CCc1ccc(O)c(N)c1)C1CCCCC1. The van der Waals surface area contributed by atoms with Gasteiger partial charge in [-0.25, -0.2) is 0 Å². The van der Waals surface area contributed by atoms with Crippen LogP contribution in [0.5, 0.6) is 5.75 Å². The number of rotatable bonds is 4. The normalized spacial score (nSPS) is 16.1. The number of aromatic hydroxyl groups is 1. The molecule has 4 heteroatoms. The van der Waals surface area contributed by atoms with Gasteiger partial charge in [-0.05, 0) is 37.0 Å². The second-order valence-electron chi connectivity index (χ2n) is 5.69. The van der Waals surface area contributed by atoms with Crippen LogP contribution in [0.25, 0.3) is 0 Å². The topological polar surface area (TPSA) is 66.6 Å². The number of carbonyl (C=O) groups is 1. The molecule has 20 heavy (non-hydrogen) atoms. The Bertz CT molecular complexity index is 468. The number of benzene rings is 1. The largest absolute Gasteiger partial charge is 0.506 e. The minimum Gasteiger partial charge on any atom is -0.506 e. The van der Waals surface area contributed by atoms with Crippen molar-refractivity contribution in [3.63, 3.8) is 0 Å². The molecule has 1 aromatic carbocycles. The Balaban J connectivity index is 1.86. The highest BCUT2D eigenvalue weighted by atomic mass is 16.3. The Kier molecular flexibility index (Phi) is 4.88. The van der Waals surface area contributed by atoms with Crippen LogP contribution in [-0.2, 0) is 11.2 Å². The molecule has 0 atom stereocenters. The molecule has 0 spiro atoms. The van der Waals surface area contributed by atoms with Gasteiger partial charge in [-0.3, -0.25) is 4.79 Å². The first-order valence-corrected chi connectivity index (χ1v) is 7.41. The molecule has 1 aliphatic rings. The van der Waals surface area contributed by atoms with Crippen molar-refractivity contribution in [2.24, 2.45) is 0 Å². The van der Waals surface area contributed by atoms with E-state index in [1.54, 1.807) is 12.1 Å². The second-order valence-corrected chi connectivity index (χ2v) is 5.69. The Morgan fingerprint density at radius 2 is 2.05 bits per heavy atom. The Morgan fingerprint density at radius 3 is 2.70 bits per heavy atom. The molecule has 1 aromatic rings. The van der Waals surface area contributed by atoms with Crippen LogP contribution < -0.4 is 5.73 Å². The number of carbonyl (C=O) groups excluding carboxylic acids is 1. The fourth-order valence-corrected chi connectivity index (χ4v) is 2.86. The summed E-state index contributed by atoms with van der Waals surface area (Å²) >= 11 is 0. The van der Waals surface area contributed by atoms with Crippen molar-refractivity contribution in [3.8, 4) is 5.75 Å². The van der Waals surface area contributed by atoms with Crippen molar-refractivity contribution in [1.82, 2.24) is 4.90 Å². The quantitative estimate of drug-likeness (QED) is 0.656. The molecule has 1 fully saturated rings. The lowest BCUT2D eigenvalue weighted by molar-refractivity contribution is -0.132. The molecule has 1 amide bonds. The molecule has 1 aliphatic carbocycles. The number of nitrogen functional groups attached to an aromatic ring is 1. The molecule has 0 radical (unpaired) electrons. The number of anilines is 1. The van der Waals surface area contributed by atoms with Gasteiger partial charge in [0.1, 0.15) is 5.75 Å². The van der Waals surface area contributed by atoms with Crippen molar-refractivity contribution >= 4 is 11.6 Å². The van der Waals surface area contributed by atoms with Gasteiger partial charge in [0.15, 0.2) is 0 Å². The zero-order valence-electron chi connectivity index (χ0n) is 12.1. The van der Waals surface area contributed by atoms with Gasteiger partial charge < -0.3 is 15.7 Å². The van der Waals surface area contributed by atoms with E-state index in [1.807, 2.05) is 18.0 Å². The summed E-state index contributed by atoms with van der Waals surface area (Å²) in [5.74, 6) is 0.294. The Morgan fingerprint density at radius 1 is 1.35 bits per heavy atom. The third kappa shape index (κ3) is 3.65. The fraction of sp³-hybridized carbons (Fsp3) is 0.562. The predicted octanol–water partition coefficient (Wildman–Crippen LogP) is 2.70. The van der Waals surface area contributed by atoms with Gasteiger partial charge in [-0.15, -0.1) is 0 Å². The maximum atomic E-state index is 12.2. The highest BCUT2D eigenvalue weighted by Gasteiger charge is 2.21. The highest BCUT2D eigenvalue weighted by Crippen LogP contribution is 2.23. The van der Waals surface area contributed by atoms with Crippen molar-refractivity contribution in [2.45, 2.75) is 51.0 Å². The Hall–Kier alpha value is -1.71. The number of aryl methyl sites for hydroxylation is 1. The van der Waals surface area contributed by atoms with Gasteiger partial charge in [0.25, 0.3) is 0 Å². The van der Waals surface area contributed by atoms with Crippen molar-refractivity contribution < 1.29 is 9.90 Å². The average molecular weight is 276 g/mol. The summed E-state index contributed by atoms with van der Waals surface area (Å²) in [6.45, 7) is 0. The fourth-order valence-electron chi connectivity index (χ4n) is 2.86. The summed E-state index contributed by atoms with van der Waals surface area (Å²) in [4.78, 5) is 14.1. The molecule has 0 bridgehead atoms. The van der Waals surface area contributed by atoms with Crippen LogP contribution >= 0.6 is 0 Å². The number of phenolic OH excluding ortho intramolecular Hbond substituents is 1. The number of phenols is 1. The lowest BCUT2D eigenvalue weighted by Gasteiger charge is -2.31. The molecule has 0 aromatic heterocycles. The van der Waals surface area contributed by atoms with Crippen LogP contribution in [0.3, 0.4) is 0 Å². The van der Waals surface area contributed by atoms with E-state index in [0.717, 1.165) is 18.4 Å². The smallest absolute Gasteiger partial charge is 0.222 e. The summed E-state index contributed by atoms with van der Waals surface area (Å²) in [6, 6.07) is 5.56. The molecular weight excluding hydrogens is 252 g/mol. The molecule has 2 rings (SSSR count). The summed E-state index contributed by atoms with van der Waals surface area (Å²) < 4.78 is 0. The maximum absolute atomic E-state index is 12.2. The number of hydrogen-bond acceptors (Lipinski definition) is 3. The van der Waals surface area contributed by atoms with Gasteiger partial charge in [-0.2, -0.15) is 0 Å². The molecule has 1 saturated carbocycles. The third-order valence-corrected chi connectivity index (χ3v) is 4.24. The first kappa shape index (κ1) is 14.7. The summed E-state index contributed by atoms with van der Waals surface area (Å²) in [6.07, 6.45) is 7.19. The summed E-state index contributed by atoms with van der Waals surface area (Å²) in [5, 5.41) is 9.38. The van der Waals surface area contributed by atoms with Crippen LogP contribution in [-0.4, -0.2) is 29.0 Å². The van der Waals surface area contributed by atoms with Gasteiger partial charge in [0.05, 0.1) is 5.69 Å². The molecule has 0 unspecified atom stereocenters. The first-order valence-electron chi connectivity index (χ1n) is 7.41. The van der Waals surface area contributed by atoms with Gasteiger partial charge in [-0.1, -0.05) is 25.3 Å². The molecule has 4 nitrogen and oxygen atoms in total. The van der Waals surface area contributed by atoms with E-state index < -0.39 is 0 Å². The van der Waals surface area contributed by atoms with Crippen LogP contribution in [0.15, 0.2) is 18.2 Å². The first-order chi connectivity index (χ1) is 9.58. The van der Waals surface area contributed by atoms with Crippen LogP contribution in [0.4, 0.5) is 5.69 Å². The monoisotopic (exact) mass is 276 g/mol. The molecule has 0 heterocycles. The highest BCUT2D eigenvalue weighted by molar-refractivity contribution is 5.76. The van der Waals surface area contributed by atoms with E-state index >= 15 is 0 Å². The summed E-state index contributed by atoms with van der Waals surface area (Å²) in [5.41, 5.74) is 7.02. The lowest BCUT2D eigenvalue weighted by atomic mass is 9.94. The standard InChI is InChI=1S/C16H24N2O2/c1-18(13-5-3-2-4-6-13)16(20)10-8-12-7-9-15(19)14(17)11-12/h7,9,11,13,19H,2-6,8,10,17H2,1H3. The van der Waals surface area contributed by atoms with Crippen LogP contribution in [0, 0.1) is 0 Å². The van der Waals surface area contributed by atoms with E-state index in [-0.39, 0.29) is 11.7 Å². The zero-order chi connectivity index (χ0) is 14.5. The van der Waals surface area contributed by atoms with E-state index in [9.17, 15) is 9.90 Å². The maximum Gasteiger partial charge on any atom is 0.222 e. The number of nitrogens with two attached hydrogens (primary N) is 1. The molecular formula is C16H24N2O2. The van der Waals surface area contributed by atoms with Gasteiger partial charge in [0, 0.05) is 19.5 Å². The third-order valence-electron chi connectivity index (χ3n) is 4.24. The molecule has 0 saturated heterocycles.